The number of carbonyl (C=O) groups excluding carboxylic acids is 1. The largest absolute Gasteiger partial charge is 1.00 e. The van der Waals surface area contributed by atoms with Gasteiger partial charge in [0.25, 0.3) is 5.91 Å². The van der Waals surface area contributed by atoms with Crippen molar-refractivity contribution in [3.05, 3.63) is 82.6 Å². The van der Waals surface area contributed by atoms with Crippen LogP contribution in [-0.4, -0.2) is 19.6 Å². The predicted octanol–water partition coefficient (Wildman–Crippen LogP) is 1.36. The zero-order chi connectivity index (χ0) is 19.9. The number of nitrogens with zero attached hydrogens (tertiary/aromatic N) is 1. The third kappa shape index (κ3) is 6.92. The Balaban J connectivity index is 0.00000300. The quantitative estimate of drug-likeness (QED) is 0.501. The number of ether oxygens (including phenoxy) is 2. The van der Waals surface area contributed by atoms with E-state index in [1.165, 1.54) is 0 Å². The molecule has 1 N–H and O–H groups in total. The molecule has 3 rings (SSSR count). The lowest BCUT2D eigenvalue weighted by Gasteiger charge is -2.08. The number of halogens is 3. The van der Waals surface area contributed by atoms with Gasteiger partial charge in [0, 0.05) is 17.7 Å². The van der Waals surface area contributed by atoms with Crippen LogP contribution in [-0.2, 0) is 11.3 Å². The fourth-order valence-electron chi connectivity index (χ4n) is 2.55. The number of aromatic nitrogens is 1. The number of amides is 1. The lowest BCUT2D eigenvalue weighted by Crippen LogP contribution is -3.00. The van der Waals surface area contributed by atoms with Crippen molar-refractivity contribution in [3.8, 4) is 11.5 Å². The van der Waals surface area contributed by atoms with Gasteiger partial charge in [0.05, 0.1) is 17.2 Å². The van der Waals surface area contributed by atoms with Crippen LogP contribution in [0, 0.1) is 0 Å². The number of anilines is 1. The van der Waals surface area contributed by atoms with Crippen LogP contribution in [0.5, 0.6) is 11.5 Å². The number of hydrogen-bond acceptors (Lipinski definition) is 3. The molecule has 152 valence electrons. The summed E-state index contributed by atoms with van der Waals surface area (Å²) in [5.41, 5.74) is 1.80. The first kappa shape index (κ1) is 23.0. The number of benzene rings is 2. The minimum atomic E-state index is -0.270. The smallest absolute Gasteiger partial charge is 0.262 e. The van der Waals surface area contributed by atoms with E-state index >= 15 is 0 Å². The van der Waals surface area contributed by atoms with Crippen LogP contribution in [0.25, 0.3) is 0 Å². The van der Waals surface area contributed by atoms with Crippen LogP contribution in [0.3, 0.4) is 0 Å². The molecular formula is C21H19BrCl2N2O3. The average Bonchev–Trinajstić information content (AvgIpc) is 2.70. The molecule has 0 saturated heterocycles. The first-order chi connectivity index (χ1) is 13.5. The second-order valence-corrected chi connectivity index (χ2v) is 6.84. The molecule has 3 aromatic rings. The minimum Gasteiger partial charge on any atom is -1.00 e. The molecule has 1 aromatic heterocycles. The van der Waals surface area contributed by atoms with E-state index in [0.717, 1.165) is 11.3 Å². The third-order valence-corrected chi connectivity index (χ3v) is 4.67. The molecule has 5 nitrogen and oxygen atoms in total. The van der Waals surface area contributed by atoms with Crippen LogP contribution >= 0.6 is 23.2 Å². The fraction of sp³-hybridized carbons (Fsp3) is 0.143. The highest BCUT2D eigenvalue weighted by Crippen LogP contribution is 2.26. The zero-order valence-corrected chi connectivity index (χ0v) is 18.7. The van der Waals surface area contributed by atoms with Gasteiger partial charge in [-0.3, -0.25) is 4.79 Å². The van der Waals surface area contributed by atoms with E-state index in [0.29, 0.717) is 28.0 Å². The Bertz CT molecular complexity index is 968. The van der Waals surface area contributed by atoms with E-state index in [1.54, 1.807) is 25.3 Å². The number of nitrogens with one attached hydrogen (secondary N) is 1. The van der Waals surface area contributed by atoms with Crippen LogP contribution < -0.4 is 36.3 Å². The van der Waals surface area contributed by atoms with Crippen LogP contribution in [0.2, 0.25) is 10.0 Å². The molecule has 0 unspecified atom stereocenters. The Morgan fingerprint density at radius 3 is 2.45 bits per heavy atom. The SMILES string of the molecule is COc1ccc(C[n+]2cccc(NC(=O)COc3ccc(Cl)c(Cl)c3)c2)cc1.[Br-]. The van der Waals surface area contributed by atoms with Crippen molar-refractivity contribution in [1.29, 1.82) is 0 Å². The van der Waals surface area contributed by atoms with Gasteiger partial charge in [-0.25, -0.2) is 0 Å². The molecule has 0 saturated carbocycles. The van der Waals surface area contributed by atoms with Crippen molar-refractivity contribution in [1.82, 2.24) is 0 Å². The highest BCUT2D eigenvalue weighted by molar-refractivity contribution is 6.42. The summed E-state index contributed by atoms with van der Waals surface area (Å²) in [5, 5.41) is 3.63. The van der Waals surface area contributed by atoms with Gasteiger partial charge in [-0.2, -0.15) is 4.57 Å². The Morgan fingerprint density at radius 1 is 1.03 bits per heavy atom. The molecule has 0 atom stereocenters. The molecule has 0 fully saturated rings. The van der Waals surface area contributed by atoms with Crippen LogP contribution in [0.15, 0.2) is 67.0 Å². The summed E-state index contributed by atoms with van der Waals surface area (Å²) in [7, 11) is 1.64. The number of pyridine rings is 1. The first-order valence-electron chi connectivity index (χ1n) is 8.53. The van der Waals surface area contributed by atoms with E-state index in [4.69, 9.17) is 32.7 Å². The van der Waals surface area contributed by atoms with E-state index in [2.05, 4.69) is 5.32 Å². The van der Waals surface area contributed by atoms with Crippen molar-refractivity contribution in [2.45, 2.75) is 6.54 Å². The highest BCUT2D eigenvalue weighted by Gasteiger charge is 2.09. The lowest BCUT2D eigenvalue weighted by atomic mass is 10.2. The normalized spacial score (nSPS) is 10.0. The molecule has 8 heteroatoms. The Kier molecular flexibility index (Phi) is 8.76. The molecule has 0 radical (unpaired) electrons. The predicted molar refractivity (Wildman–Crippen MR) is 109 cm³/mol. The number of carbonyl (C=O) groups is 1. The Hall–Kier alpha value is -2.28. The van der Waals surface area contributed by atoms with Crippen LogP contribution in [0.4, 0.5) is 5.69 Å². The second kappa shape index (κ2) is 11.0. The van der Waals surface area contributed by atoms with E-state index in [1.807, 2.05) is 53.4 Å². The summed E-state index contributed by atoms with van der Waals surface area (Å²) in [6.45, 7) is 0.540. The van der Waals surface area contributed by atoms with Crippen molar-refractivity contribution >= 4 is 34.8 Å². The van der Waals surface area contributed by atoms with Crippen molar-refractivity contribution < 1.29 is 35.8 Å². The summed E-state index contributed by atoms with van der Waals surface area (Å²) in [6, 6.07) is 16.4. The summed E-state index contributed by atoms with van der Waals surface area (Å²) < 4.78 is 12.6. The summed E-state index contributed by atoms with van der Waals surface area (Å²) in [4.78, 5) is 12.2. The maximum absolute atomic E-state index is 12.2. The van der Waals surface area contributed by atoms with Gasteiger partial charge in [0.2, 0.25) is 0 Å². The fourth-order valence-corrected chi connectivity index (χ4v) is 2.84. The monoisotopic (exact) mass is 496 g/mol. The topological polar surface area (TPSA) is 51.4 Å². The van der Waals surface area contributed by atoms with Gasteiger partial charge in [0.15, 0.2) is 25.5 Å². The number of methoxy groups -OCH3 is 1. The van der Waals surface area contributed by atoms with Gasteiger partial charge in [0.1, 0.15) is 17.2 Å². The van der Waals surface area contributed by atoms with E-state index < -0.39 is 0 Å². The second-order valence-electron chi connectivity index (χ2n) is 6.03. The molecular weight excluding hydrogens is 479 g/mol. The molecule has 2 aromatic carbocycles. The standard InChI is InChI=1S/C21H18Cl2N2O3.BrH/c1-27-17-6-4-15(5-7-17)12-25-10-2-3-16(13-25)24-21(26)14-28-18-8-9-19(22)20(23)11-18;/h2-11,13H,12,14H2,1H3;1H. The highest BCUT2D eigenvalue weighted by atomic mass is 79.9. The molecule has 0 spiro atoms. The molecule has 0 aliphatic rings. The van der Waals surface area contributed by atoms with Crippen LogP contribution in [0.1, 0.15) is 5.56 Å². The van der Waals surface area contributed by atoms with E-state index in [9.17, 15) is 4.79 Å². The molecule has 0 aliphatic carbocycles. The Morgan fingerprint density at radius 2 is 1.76 bits per heavy atom. The molecule has 29 heavy (non-hydrogen) atoms. The maximum Gasteiger partial charge on any atom is 0.262 e. The van der Waals surface area contributed by atoms with Gasteiger partial charge in [-0.15, -0.1) is 0 Å². The summed E-state index contributed by atoms with van der Waals surface area (Å²) in [6.07, 6.45) is 3.80. The maximum atomic E-state index is 12.2. The molecule has 1 amide bonds. The Labute approximate surface area is 189 Å². The molecule has 1 heterocycles. The summed E-state index contributed by atoms with van der Waals surface area (Å²) >= 11 is 11.8. The lowest BCUT2D eigenvalue weighted by molar-refractivity contribution is -0.687. The van der Waals surface area contributed by atoms with Crippen molar-refractivity contribution in [2.75, 3.05) is 19.0 Å². The number of hydrogen-bond donors (Lipinski definition) is 1. The van der Waals surface area contributed by atoms with Gasteiger partial charge in [-0.05, 0) is 42.5 Å². The van der Waals surface area contributed by atoms with Crippen molar-refractivity contribution in [2.24, 2.45) is 0 Å². The summed E-state index contributed by atoms with van der Waals surface area (Å²) in [5.74, 6) is 1.03. The van der Waals surface area contributed by atoms with Gasteiger partial charge >= 0.3 is 0 Å². The third-order valence-electron chi connectivity index (χ3n) is 3.93. The minimum absolute atomic E-state index is 0. The first-order valence-corrected chi connectivity index (χ1v) is 9.29. The number of rotatable bonds is 7. The zero-order valence-electron chi connectivity index (χ0n) is 15.6. The molecule has 0 bridgehead atoms. The van der Waals surface area contributed by atoms with Gasteiger partial charge in [-0.1, -0.05) is 23.2 Å². The van der Waals surface area contributed by atoms with Gasteiger partial charge < -0.3 is 31.8 Å². The molecule has 0 aliphatic heterocycles. The van der Waals surface area contributed by atoms with Crippen molar-refractivity contribution in [3.63, 3.8) is 0 Å². The van der Waals surface area contributed by atoms with E-state index in [-0.39, 0.29) is 29.5 Å². The average molecular weight is 498 g/mol.